The molecule has 0 unspecified atom stereocenters. The van der Waals surface area contributed by atoms with Crippen molar-refractivity contribution in [2.24, 2.45) is 0 Å². The lowest BCUT2D eigenvalue weighted by Gasteiger charge is -2.25. The minimum absolute atomic E-state index is 0.179. The minimum atomic E-state index is -0.605. The van der Waals surface area contributed by atoms with Crippen LogP contribution in [0.1, 0.15) is 37.5 Å². The maximum absolute atomic E-state index is 12.4. The summed E-state index contributed by atoms with van der Waals surface area (Å²) in [7, 11) is 3.20. The number of nitrogen functional groups attached to an aromatic ring is 1. The Kier molecular flexibility index (Phi) is 7.21. The monoisotopic (exact) mass is 416 g/mol. The summed E-state index contributed by atoms with van der Waals surface area (Å²) in [5, 5.41) is 0. The van der Waals surface area contributed by atoms with Crippen molar-refractivity contribution in [2.75, 3.05) is 31.6 Å². The highest BCUT2D eigenvalue weighted by molar-refractivity contribution is 5.91. The predicted octanol–water partition coefficient (Wildman–Crippen LogP) is 5.34. The van der Waals surface area contributed by atoms with Gasteiger partial charge in [-0.2, -0.15) is 0 Å². The summed E-state index contributed by atoms with van der Waals surface area (Å²) in [6, 6.07) is 7.12. The molecule has 2 aromatic carbocycles. The maximum Gasteiger partial charge on any atom is 0.414 e. The summed E-state index contributed by atoms with van der Waals surface area (Å²) in [6.07, 6.45) is -0.491. The first-order chi connectivity index (χ1) is 13.9. The fourth-order valence-corrected chi connectivity index (χ4v) is 2.87. The lowest BCUT2D eigenvalue weighted by atomic mass is 10.0. The van der Waals surface area contributed by atoms with Gasteiger partial charge in [0.2, 0.25) is 0 Å². The van der Waals surface area contributed by atoms with E-state index in [2.05, 4.69) is 0 Å². The van der Waals surface area contributed by atoms with Gasteiger partial charge in [0, 0.05) is 20.2 Å². The minimum Gasteiger partial charge on any atom is -0.467 e. The van der Waals surface area contributed by atoms with Crippen molar-refractivity contribution in [3.8, 4) is 17.2 Å². The Morgan fingerprint density at radius 3 is 2.37 bits per heavy atom. The molecule has 0 aromatic heterocycles. The van der Waals surface area contributed by atoms with Crippen LogP contribution in [0.15, 0.2) is 24.3 Å². The Morgan fingerprint density at radius 1 is 1.10 bits per heavy atom. The zero-order valence-corrected chi connectivity index (χ0v) is 19.1. The summed E-state index contributed by atoms with van der Waals surface area (Å²) >= 11 is 0. The number of rotatable bonds is 6. The molecule has 2 rings (SSSR count). The van der Waals surface area contributed by atoms with Crippen molar-refractivity contribution in [3.63, 3.8) is 0 Å². The molecule has 30 heavy (non-hydrogen) atoms. The normalized spacial score (nSPS) is 11.2. The molecule has 7 heteroatoms. The van der Waals surface area contributed by atoms with Crippen LogP contribution < -0.4 is 20.1 Å². The quantitative estimate of drug-likeness (QED) is 0.505. The molecule has 0 aliphatic carbocycles. The van der Waals surface area contributed by atoms with E-state index in [0.29, 0.717) is 17.1 Å². The average Bonchev–Trinajstić information content (AvgIpc) is 2.66. The van der Waals surface area contributed by atoms with Gasteiger partial charge in [0.15, 0.2) is 6.79 Å². The van der Waals surface area contributed by atoms with Crippen molar-refractivity contribution in [1.29, 1.82) is 0 Å². The molecule has 0 bridgehead atoms. The van der Waals surface area contributed by atoms with Gasteiger partial charge < -0.3 is 24.7 Å². The molecule has 2 N–H and O–H groups in total. The van der Waals surface area contributed by atoms with Crippen LogP contribution in [-0.4, -0.2) is 32.6 Å². The third-order valence-electron chi connectivity index (χ3n) is 4.56. The van der Waals surface area contributed by atoms with Crippen LogP contribution in [0.25, 0.3) is 0 Å². The SMILES string of the molecule is COCOc1cc(C)c(Oc2ccc(N)c(N(C)C(=O)OC(C)(C)C)c2)c(C)c1C. The zero-order chi connectivity index (χ0) is 22.6. The summed E-state index contributed by atoms with van der Waals surface area (Å²) in [5.74, 6) is 2.04. The molecule has 0 saturated carbocycles. The third-order valence-corrected chi connectivity index (χ3v) is 4.56. The number of aryl methyl sites for hydroxylation is 1. The number of nitrogens with zero attached hydrogens (tertiary/aromatic N) is 1. The molecule has 2 aromatic rings. The van der Waals surface area contributed by atoms with E-state index in [1.54, 1.807) is 32.4 Å². The number of benzene rings is 2. The van der Waals surface area contributed by atoms with Crippen molar-refractivity contribution < 1.29 is 23.7 Å². The van der Waals surface area contributed by atoms with Crippen LogP contribution in [0.5, 0.6) is 17.2 Å². The highest BCUT2D eigenvalue weighted by Crippen LogP contribution is 2.38. The van der Waals surface area contributed by atoms with Gasteiger partial charge in [-0.3, -0.25) is 4.90 Å². The molecular weight excluding hydrogens is 384 g/mol. The Morgan fingerprint density at radius 2 is 1.77 bits per heavy atom. The van der Waals surface area contributed by atoms with Crippen molar-refractivity contribution in [2.45, 2.75) is 47.1 Å². The lowest BCUT2D eigenvalue weighted by Crippen LogP contribution is -2.34. The molecule has 0 atom stereocenters. The number of anilines is 2. The fraction of sp³-hybridized carbons (Fsp3) is 0.435. The van der Waals surface area contributed by atoms with E-state index in [9.17, 15) is 4.79 Å². The van der Waals surface area contributed by atoms with Gasteiger partial charge in [0.1, 0.15) is 22.8 Å². The topological polar surface area (TPSA) is 83.3 Å². The second-order valence-electron chi connectivity index (χ2n) is 8.18. The number of methoxy groups -OCH3 is 1. The lowest BCUT2D eigenvalue weighted by molar-refractivity contribution is 0.0505. The van der Waals surface area contributed by atoms with E-state index in [1.807, 2.05) is 47.6 Å². The molecule has 0 spiro atoms. The molecule has 0 saturated heterocycles. The number of carbonyl (C=O) groups excluding carboxylic acids is 1. The van der Waals surface area contributed by atoms with Gasteiger partial charge in [0.05, 0.1) is 11.4 Å². The van der Waals surface area contributed by atoms with Crippen LogP contribution in [0.3, 0.4) is 0 Å². The fourth-order valence-electron chi connectivity index (χ4n) is 2.87. The Balaban J connectivity index is 2.33. The van der Waals surface area contributed by atoms with Crippen LogP contribution in [0.2, 0.25) is 0 Å². The van der Waals surface area contributed by atoms with Crippen LogP contribution in [-0.2, 0) is 9.47 Å². The molecule has 0 radical (unpaired) electrons. The summed E-state index contributed by atoms with van der Waals surface area (Å²) < 4.78 is 22.2. The second kappa shape index (κ2) is 9.26. The number of amides is 1. The van der Waals surface area contributed by atoms with Crippen molar-refractivity contribution >= 4 is 17.5 Å². The number of ether oxygens (including phenoxy) is 4. The molecule has 0 aliphatic heterocycles. The molecule has 0 aliphatic rings. The van der Waals surface area contributed by atoms with Crippen molar-refractivity contribution in [3.05, 3.63) is 41.0 Å². The van der Waals surface area contributed by atoms with Gasteiger partial charge in [-0.15, -0.1) is 0 Å². The van der Waals surface area contributed by atoms with Gasteiger partial charge in [-0.25, -0.2) is 4.79 Å². The Hall–Kier alpha value is -2.93. The van der Waals surface area contributed by atoms with Crippen LogP contribution in [0, 0.1) is 20.8 Å². The standard InChI is InChI=1S/C23H32N2O5/c1-14-11-20(28-13-27-8)15(2)16(3)21(14)29-17-9-10-18(24)19(12-17)25(7)22(26)30-23(4,5)6/h9-12H,13,24H2,1-8H3. The van der Waals surface area contributed by atoms with E-state index < -0.39 is 11.7 Å². The first-order valence-corrected chi connectivity index (χ1v) is 9.71. The van der Waals surface area contributed by atoms with Gasteiger partial charge >= 0.3 is 6.09 Å². The Labute approximate surface area is 178 Å². The first kappa shape index (κ1) is 23.3. The molecule has 164 valence electrons. The second-order valence-corrected chi connectivity index (χ2v) is 8.18. The summed E-state index contributed by atoms with van der Waals surface area (Å²) in [6.45, 7) is 11.5. The number of hydrogen-bond donors (Lipinski definition) is 1. The number of carbonyl (C=O) groups is 1. The van der Waals surface area contributed by atoms with Crippen LogP contribution in [0.4, 0.5) is 16.2 Å². The molecule has 7 nitrogen and oxygen atoms in total. The van der Waals surface area contributed by atoms with E-state index in [0.717, 1.165) is 28.2 Å². The largest absolute Gasteiger partial charge is 0.467 e. The van der Waals surface area contributed by atoms with E-state index in [-0.39, 0.29) is 6.79 Å². The number of hydrogen-bond acceptors (Lipinski definition) is 6. The van der Waals surface area contributed by atoms with Crippen LogP contribution >= 0.6 is 0 Å². The smallest absolute Gasteiger partial charge is 0.414 e. The van der Waals surface area contributed by atoms with E-state index in [1.165, 1.54) is 4.90 Å². The highest BCUT2D eigenvalue weighted by atomic mass is 16.7. The molecule has 1 amide bonds. The molecule has 0 heterocycles. The van der Waals surface area contributed by atoms with Gasteiger partial charge in [-0.05, 0) is 76.4 Å². The first-order valence-electron chi connectivity index (χ1n) is 9.71. The highest BCUT2D eigenvalue weighted by Gasteiger charge is 2.22. The summed E-state index contributed by atoms with van der Waals surface area (Å²) in [4.78, 5) is 13.8. The Bertz CT molecular complexity index is 919. The molecule has 0 fully saturated rings. The van der Waals surface area contributed by atoms with E-state index in [4.69, 9.17) is 24.7 Å². The van der Waals surface area contributed by atoms with Gasteiger partial charge in [0.25, 0.3) is 0 Å². The maximum atomic E-state index is 12.4. The zero-order valence-electron chi connectivity index (χ0n) is 19.1. The van der Waals surface area contributed by atoms with E-state index >= 15 is 0 Å². The summed E-state index contributed by atoms with van der Waals surface area (Å²) in [5.41, 5.74) is 9.30. The van der Waals surface area contributed by atoms with Crippen molar-refractivity contribution in [1.82, 2.24) is 0 Å². The average molecular weight is 417 g/mol. The predicted molar refractivity (Wildman–Crippen MR) is 119 cm³/mol. The third kappa shape index (κ3) is 5.57. The van der Waals surface area contributed by atoms with Gasteiger partial charge in [-0.1, -0.05) is 0 Å². The number of nitrogens with two attached hydrogens (primary N) is 1. The molecular formula is C23H32N2O5.